The van der Waals surface area contributed by atoms with Crippen LogP contribution in [0.1, 0.15) is 116 Å². The maximum Gasteiger partial charge on any atom is 0.408 e. The molecule has 5 atom stereocenters. The van der Waals surface area contributed by atoms with Crippen molar-refractivity contribution < 1.29 is 55.3 Å². The largest absolute Gasteiger partial charge is 0.497 e. The van der Waals surface area contributed by atoms with Gasteiger partial charge < -0.3 is 34.5 Å². The smallest absolute Gasteiger partial charge is 0.408 e. The minimum atomic E-state index is -4.10. The summed E-state index contributed by atoms with van der Waals surface area (Å²) in [4.78, 5) is 63.0. The summed E-state index contributed by atoms with van der Waals surface area (Å²) < 4.78 is 84.7. The lowest BCUT2D eigenvalue weighted by molar-refractivity contribution is -0.142. The summed E-state index contributed by atoms with van der Waals surface area (Å²) in [5.74, 6) is -6.82. The van der Waals surface area contributed by atoms with Gasteiger partial charge in [-0.1, -0.05) is 38.8 Å². The molecule has 3 aliphatic heterocycles. The number of carbonyl (C=O) groups excluding carboxylic acids is 4. The highest BCUT2D eigenvalue weighted by Gasteiger charge is 2.65. The van der Waals surface area contributed by atoms with Gasteiger partial charge in [0, 0.05) is 24.8 Å². The summed E-state index contributed by atoms with van der Waals surface area (Å²) in [7, 11) is -1.22. The number of allylic oxidation sites excluding steroid dienone is 1. The van der Waals surface area contributed by atoms with Crippen LogP contribution in [0.15, 0.2) is 30.4 Å². The van der Waals surface area contributed by atoms with Crippen LogP contribution in [0.4, 0.5) is 13.6 Å². The van der Waals surface area contributed by atoms with Crippen molar-refractivity contribution in [3.63, 3.8) is 0 Å². The Balaban J connectivity index is 1.29. The average molecular weight is 874 g/mol. The molecule has 2 aliphatic carbocycles. The van der Waals surface area contributed by atoms with E-state index in [-0.39, 0.29) is 47.8 Å². The van der Waals surface area contributed by atoms with Crippen LogP contribution in [0.25, 0.3) is 10.9 Å². The number of benzene rings is 1. The maximum absolute atomic E-state index is 17.1. The third-order valence-corrected chi connectivity index (χ3v) is 14.9. The number of nitrogens with one attached hydrogen (secondary N) is 3. The second-order valence-electron chi connectivity index (χ2n) is 18.6. The van der Waals surface area contributed by atoms with E-state index in [0.717, 1.165) is 4.90 Å². The number of hydrogen-bond donors (Lipinski definition) is 3. The lowest BCUT2D eigenvalue weighted by Crippen LogP contribution is -2.58. The predicted octanol–water partition coefficient (Wildman–Crippen LogP) is 5.49. The molecule has 2 saturated carbocycles. The molecule has 3 fully saturated rings. The summed E-state index contributed by atoms with van der Waals surface area (Å²) >= 11 is 0. The van der Waals surface area contributed by atoms with Gasteiger partial charge in [0.2, 0.25) is 21.8 Å². The molecule has 1 aromatic carbocycles. The van der Waals surface area contributed by atoms with Crippen LogP contribution in [0, 0.1) is 5.92 Å². The molecule has 0 bridgehead atoms. The molecular weight excluding hydrogens is 817 g/mol. The van der Waals surface area contributed by atoms with E-state index in [1.807, 2.05) is 6.08 Å². The van der Waals surface area contributed by atoms with Crippen molar-refractivity contribution in [2.45, 2.75) is 144 Å². The van der Waals surface area contributed by atoms with Crippen molar-refractivity contribution in [1.82, 2.24) is 25.2 Å². The first kappa shape index (κ1) is 44.5. The average Bonchev–Trinajstić information content (AvgIpc) is 4.06. The molecule has 1 aromatic heterocycles. The van der Waals surface area contributed by atoms with Crippen molar-refractivity contribution in [3.8, 4) is 11.5 Å². The fourth-order valence-corrected chi connectivity index (χ4v) is 10.3. The number of ether oxygens (including phenoxy) is 4. The molecule has 4 heterocycles. The molecule has 5 aliphatic rings. The lowest BCUT2D eigenvalue weighted by atomic mass is 9.83. The summed E-state index contributed by atoms with van der Waals surface area (Å²) in [6.45, 7) is 7.99. The zero-order valence-corrected chi connectivity index (χ0v) is 36.6. The Labute approximate surface area is 355 Å². The van der Waals surface area contributed by atoms with Crippen LogP contribution in [0.5, 0.6) is 11.5 Å². The van der Waals surface area contributed by atoms with Crippen LogP contribution >= 0.6 is 0 Å². The number of alkyl carbamates (subject to hydrolysis) is 1. The molecule has 7 rings (SSSR count). The number of halogens is 2. The van der Waals surface area contributed by atoms with Gasteiger partial charge in [-0.15, -0.1) is 0 Å². The van der Waals surface area contributed by atoms with Crippen LogP contribution in [0.2, 0.25) is 0 Å². The monoisotopic (exact) mass is 873 g/mol. The second-order valence-corrected chi connectivity index (χ2v) is 20.8. The standard InChI is InChI=1S/C43H57F2N5O10S/c1-25(2)33-34-32(28-19-27(58-7)15-16-29(28)46-33)43(44,45)22-41(59-34)21-31-35(51)48-42(37(53)49-61(55,56)40(5)17-18-40)20-26(42)13-11-9-8-10-12-14-30(36(52)50(31)23-41)47-38(54)60-39(3,4)24-57-6/h11,13,15-16,19,25-26,30-31H,8-10,12,14,17-18,20-24H2,1-7H3,(H,47,54)(H,48,51)(H,49,53)/b13-11-/t26-,30+,31+,41+,42-/m1/s1. The number of hydrogen-bond acceptors (Lipinski definition) is 11. The normalized spacial score (nSPS) is 28.9. The maximum atomic E-state index is 17.1. The van der Waals surface area contributed by atoms with E-state index < -0.39 is 98.6 Å². The van der Waals surface area contributed by atoms with Crippen molar-refractivity contribution in [1.29, 1.82) is 0 Å². The lowest BCUT2D eigenvalue weighted by Gasteiger charge is -2.41. The quantitative estimate of drug-likeness (QED) is 0.270. The third-order valence-electron chi connectivity index (χ3n) is 12.7. The number of amides is 4. The molecule has 1 spiro atoms. The number of methoxy groups -OCH3 is 2. The zero-order valence-electron chi connectivity index (χ0n) is 35.8. The first-order valence-corrected chi connectivity index (χ1v) is 22.5. The molecule has 0 radical (unpaired) electrons. The first-order chi connectivity index (χ1) is 28.6. The minimum Gasteiger partial charge on any atom is -0.497 e. The number of alkyl halides is 2. The highest BCUT2D eigenvalue weighted by atomic mass is 32.2. The van der Waals surface area contributed by atoms with Gasteiger partial charge in [-0.3, -0.25) is 19.1 Å². The number of aromatic nitrogens is 1. The van der Waals surface area contributed by atoms with Gasteiger partial charge in [0.15, 0.2) is 5.75 Å². The molecule has 61 heavy (non-hydrogen) atoms. The van der Waals surface area contributed by atoms with Gasteiger partial charge in [-0.2, -0.15) is 0 Å². The van der Waals surface area contributed by atoms with E-state index in [9.17, 15) is 27.6 Å². The number of carbonyl (C=O) groups is 4. The Morgan fingerprint density at radius 2 is 1.85 bits per heavy atom. The summed E-state index contributed by atoms with van der Waals surface area (Å²) in [5, 5.41) is 5.61. The Bertz CT molecular complexity index is 2250. The molecular formula is C43H57F2N5O10S. The molecule has 1 saturated heterocycles. The topological polar surface area (TPSA) is 192 Å². The molecule has 4 amide bonds. The van der Waals surface area contributed by atoms with Crippen molar-refractivity contribution in [2.24, 2.45) is 5.92 Å². The number of sulfonamides is 1. The molecule has 334 valence electrons. The zero-order chi connectivity index (χ0) is 44.3. The van der Waals surface area contributed by atoms with Gasteiger partial charge >= 0.3 is 6.09 Å². The second kappa shape index (κ2) is 16.0. The van der Waals surface area contributed by atoms with E-state index in [1.165, 1.54) is 27.2 Å². The molecule has 2 aromatic rings. The number of fused-ring (bicyclic) bond motifs is 5. The van der Waals surface area contributed by atoms with Gasteiger partial charge in [-0.25, -0.2) is 27.0 Å². The molecule has 15 nitrogen and oxygen atoms in total. The number of pyridine rings is 1. The number of nitrogens with zero attached hydrogens (tertiary/aromatic N) is 2. The Morgan fingerprint density at radius 3 is 2.52 bits per heavy atom. The first-order valence-electron chi connectivity index (χ1n) is 21.0. The Kier molecular flexibility index (Phi) is 11.6. The van der Waals surface area contributed by atoms with E-state index in [4.69, 9.17) is 23.9 Å². The predicted molar refractivity (Wildman–Crippen MR) is 220 cm³/mol. The van der Waals surface area contributed by atoms with Crippen LogP contribution in [0.3, 0.4) is 0 Å². The van der Waals surface area contributed by atoms with Crippen molar-refractivity contribution in [2.75, 3.05) is 27.4 Å². The van der Waals surface area contributed by atoms with Crippen molar-refractivity contribution >= 4 is 44.7 Å². The number of rotatable bonds is 9. The summed E-state index contributed by atoms with van der Waals surface area (Å²) in [6.07, 6.45) is 4.80. The van der Waals surface area contributed by atoms with E-state index in [0.29, 0.717) is 49.8 Å². The molecule has 0 unspecified atom stereocenters. The SMILES string of the molecule is COCC(C)(C)OC(=O)N[C@H]1CCCCC/C=C\[C@@H]2C[C@@]2(C(=O)NS(=O)(=O)C2(C)CC2)NC(=O)[C@@H]2C[C@@]3(CN2C1=O)CC(F)(F)c1c(c(C(C)C)nc2ccc(OC)cc12)O3. The highest BCUT2D eigenvalue weighted by Crippen LogP contribution is 2.55. The van der Waals surface area contributed by atoms with Gasteiger partial charge in [-0.05, 0) is 83.4 Å². The van der Waals surface area contributed by atoms with Crippen LogP contribution in [-0.2, 0) is 39.8 Å². The highest BCUT2D eigenvalue weighted by molar-refractivity contribution is 7.91. The van der Waals surface area contributed by atoms with Gasteiger partial charge in [0.05, 0.1) is 48.2 Å². The Morgan fingerprint density at radius 1 is 1.11 bits per heavy atom. The molecule has 3 N–H and O–H groups in total. The van der Waals surface area contributed by atoms with Crippen molar-refractivity contribution in [3.05, 3.63) is 41.6 Å². The minimum absolute atomic E-state index is 0.0582. The molecule has 18 heteroatoms. The van der Waals surface area contributed by atoms with Gasteiger partial charge in [0.25, 0.3) is 11.8 Å². The summed E-state index contributed by atoms with van der Waals surface area (Å²) in [6, 6.07) is 1.99. The third kappa shape index (κ3) is 8.62. The summed E-state index contributed by atoms with van der Waals surface area (Å²) in [5.41, 5.74) is -4.39. The fourth-order valence-electron chi connectivity index (χ4n) is 8.96. The van der Waals surface area contributed by atoms with Crippen LogP contribution in [-0.4, -0.2) is 103 Å². The van der Waals surface area contributed by atoms with E-state index in [2.05, 4.69) is 15.4 Å². The van der Waals surface area contributed by atoms with Crippen LogP contribution < -0.4 is 24.8 Å². The van der Waals surface area contributed by atoms with E-state index >= 15 is 8.78 Å². The fraction of sp³-hybridized carbons (Fsp3) is 0.651. The van der Waals surface area contributed by atoms with Gasteiger partial charge in [0.1, 0.15) is 34.6 Å². The Hall–Kier alpha value is -4.58. The van der Waals surface area contributed by atoms with E-state index in [1.54, 1.807) is 45.9 Å².